The van der Waals surface area contributed by atoms with Crippen molar-refractivity contribution in [2.24, 2.45) is 0 Å². The van der Waals surface area contributed by atoms with Crippen LogP contribution >= 0.6 is 11.8 Å². The Bertz CT molecular complexity index is 705. The summed E-state index contributed by atoms with van der Waals surface area (Å²) in [5.41, 5.74) is 1.49. The lowest BCUT2D eigenvalue weighted by atomic mass is 9.92. The fraction of sp³-hybridized carbons (Fsp3) is 0.389. The molecule has 1 atom stereocenters. The molecule has 0 aromatic carbocycles. The van der Waals surface area contributed by atoms with E-state index in [1.807, 2.05) is 47.0 Å². The highest BCUT2D eigenvalue weighted by Crippen LogP contribution is 2.46. The fourth-order valence-corrected chi connectivity index (χ4v) is 4.81. The molecule has 2 fully saturated rings. The Morgan fingerprint density at radius 2 is 2.00 bits per heavy atom. The third kappa shape index (κ3) is 3.16. The summed E-state index contributed by atoms with van der Waals surface area (Å²) in [6, 6.07) is 11.3. The molecule has 4 rings (SSSR count). The average molecular weight is 341 g/mol. The van der Waals surface area contributed by atoms with Crippen molar-refractivity contribution in [1.29, 1.82) is 0 Å². The van der Waals surface area contributed by atoms with E-state index in [-0.39, 0.29) is 16.8 Å². The Labute approximate surface area is 145 Å². The zero-order chi connectivity index (χ0) is 16.4. The summed E-state index contributed by atoms with van der Waals surface area (Å²) in [6.45, 7) is 2.13. The van der Waals surface area contributed by atoms with Crippen molar-refractivity contribution in [3.8, 4) is 0 Å². The smallest absolute Gasteiger partial charge is 0.272 e. The second-order valence-corrected chi connectivity index (χ2v) is 7.82. The molecule has 0 aliphatic carbocycles. The molecule has 2 aliphatic rings. The Hall–Kier alpha value is -1.92. The summed E-state index contributed by atoms with van der Waals surface area (Å²) in [5.74, 6) is 1.01. The summed E-state index contributed by atoms with van der Waals surface area (Å²) in [5, 5.41) is 0. The molecule has 1 spiro atoms. The minimum absolute atomic E-state index is 0.0275. The van der Waals surface area contributed by atoms with E-state index >= 15 is 0 Å². The lowest BCUT2D eigenvalue weighted by molar-refractivity contribution is 0.0243. The normalized spacial score (nSPS) is 21.7. The number of rotatable bonds is 4. The van der Waals surface area contributed by atoms with Gasteiger partial charge in [-0.15, -0.1) is 11.8 Å². The molecule has 0 bridgehead atoms. The first-order valence-corrected chi connectivity index (χ1v) is 9.08. The van der Waals surface area contributed by atoms with Gasteiger partial charge in [-0.3, -0.25) is 14.8 Å². The van der Waals surface area contributed by atoms with Crippen molar-refractivity contribution < 1.29 is 9.53 Å². The van der Waals surface area contributed by atoms with E-state index < -0.39 is 0 Å². The monoisotopic (exact) mass is 341 g/mol. The van der Waals surface area contributed by atoms with Crippen molar-refractivity contribution in [3.05, 3.63) is 60.2 Å². The predicted molar refractivity (Wildman–Crippen MR) is 92.8 cm³/mol. The molecule has 2 aliphatic heterocycles. The number of carbonyl (C=O) groups excluding carboxylic acids is 1. The number of ether oxygens (including phenoxy) is 1. The van der Waals surface area contributed by atoms with Gasteiger partial charge in [-0.2, -0.15) is 0 Å². The molecule has 0 N–H and O–H groups in total. The molecular weight excluding hydrogens is 322 g/mol. The van der Waals surface area contributed by atoms with Crippen LogP contribution in [-0.2, 0) is 11.3 Å². The van der Waals surface area contributed by atoms with Gasteiger partial charge in [-0.25, -0.2) is 0 Å². The van der Waals surface area contributed by atoms with Gasteiger partial charge in [0.05, 0.1) is 23.2 Å². The molecule has 2 aromatic rings. The van der Waals surface area contributed by atoms with Gasteiger partial charge >= 0.3 is 0 Å². The third-order valence-corrected chi connectivity index (χ3v) is 6.07. The quantitative estimate of drug-likeness (QED) is 0.855. The van der Waals surface area contributed by atoms with E-state index in [0.29, 0.717) is 12.3 Å². The Morgan fingerprint density at radius 3 is 2.71 bits per heavy atom. The number of hydrogen-bond acceptors (Lipinski definition) is 5. The van der Waals surface area contributed by atoms with E-state index in [1.165, 1.54) is 0 Å². The van der Waals surface area contributed by atoms with E-state index in [4.69, 9.17) is 4.74 Å². The van der Waals surface area contributed by atoms with Crippen LogP contribution < -0.4 is 0 Å². The first-order valence-electron chi connectivity index (χ1n) is 8.10. The molecule has 5 nitrogen and oxygen atoms in total. The SMILES string of the molecule is O=C(c1ccccn1)N1CC2(C[C@H](OCc3ccccn3)CS2)C1. The van der Waals surface area contributed by atoms with Crippen molar-refractivity contribution in [2.75, 3.05) is 18.8 Å². The molecule has 2 saturated heterocycles. The summed E-state index contributed by atoms with van der Waals surface area (Å²) in [4.78, 5) is 22.7. The van der Waals surface area contributed by atoms with E-state index in [2.05, 4.69) is 9.97 Å². The lowest BCUT2D eigenvalue weighted by Gasteiger charge is -2.47. The topological polar surface area (TPSA) is 55.3 Å². The fourth-order valence-electron chi connectivity index (χ4n) is 3.26. The van der Waals surface area contributed by atoms with Crippen LogP contribution in [0.15, 0.2) is 48.8 Å². The molecule has 24 heavy (non-hydrogen) atoms. The molecule has 4 heterocycles. The van der Waals surface area contributed by atoms with Gasteiger partial charge < -0.3 is 9.64 Å². The number of nitrogens with zero attached hydrogens (tertiary/aromatic N) is 3. The Morgan fingerprint density at radius 1 is 1.21 bits per heavy atom. The highest BCUT2D eigenvalue weighted by molar-refractivity contribution is 8.01. The second kappa shape index (κ2) is 6.53. The van der Waals surface area contributed by atoms with Crippen molar-refractivity contribution in [1.82, 2.24) is 14.9 Å². The van der Waals surface area contributed by atoms with Gasteiger partial charge in [-0.05, 0) is 30.7 Å². The highest BCUT2D eigenvalue weighted by atomic mass is 32.2. The van der Waals surface area contributed by atoms with Crippen LogP contribution in [0.2, 0.25) is 0 Å². The standard InChI is InChI=1S/C18H19N3O2S/c22-17(16-6-2-4-8-20-16)21-12-18(13-21)9-15(11-24-18)23-10-14-5-1-3-7-19-14/h1-8,15H,9-13H2/t15-/m0/s1. The number of aromatic nitrogens is 2. The largest absolute Gasteiger partial charge is 0.371 e. The number of carbonyl (C=O) groups is 1. The summed E-state index contributed by atoms with van der Waals surface area (Å²) in [6.07, 6.45) is 4.69. The lowest BCUT2D eigenvalue weighted by Crippen LogP contribution is -2.60. The van der Waals surface area contributed by atoms with Gasteiger partial charge in [0.2, 0.25) is 0 Å². The van der Waals surface area contributed by atoms with Gasteiger partial charge in [0.15, 0.2) is 0 Å². The van der Waals surface area contributed by atoms with Crippen LogP contribution in [-0.4, -0.2) is 50.5 Å². The van der Waals surface area contributed by atoms with Crippen LogP contribution in [0.3, 0.4) is 0 Å². The number of likely N-dealkylation sites (tertiary alicyclic amines) is 1. The maximum Gasteiger partial charge on any atom is 0.272 e. The molecule has 0 unspecified atom stereocenters. The molecule has 124 valence electrons. The van der Waals surface area contributed by atoms with Crippen LogP contribution in [0.4, 0.5) is 0 Å². The first-order chi connectivity index (χ1) is 11.7. The summed E-state index contributed by atoms with van der Waals surface area (Å²) in [7, 11) is 0. The average Bonchev–Trinajstić information content (AvgIpc) is 3.04. The molecule has 2 aromatic heterocycles. The Kier molecular flexibility index (Phi) is 4.24. The van der Waals surface area contributed by atoms with E-state index in [9.17, 15) is 4.79 Å². The van der Waals surface area contributed by atoms with Crippen LogP contribution in [0.25, 0.3) is 0 Å². The van der Waals surface area contributed by atoms with Gasteiger partial charge in [0.1, 0.15) is 5.69 Å². The predicted octanol–water partition coefficient (Wildman–Crippen LogP) is 2.39. The van der Waals surface area contributed by atoms with Gasteiger partial charge in [0.25, 0.3) is 5.91 Å². The van der Waals surface area contributed by atoms with E-state index in [0.717, 1.165) is 31.0 Å². The van der Waals surface area contributed by atoms with Crippen LogP contribution in [0.1, 0.15) is 22.6 Å². The van der Waals surface area contributed by atoms with Crippen molar-refractivity contribution in [3.63, 3.8) is 0 Å². The minimum Gasteiger partial charge on any atom is -0.371 e. The molecular formula is C18H19N3O2S. The second-order valence-electron chi connectivity index (χ2n) is 6.33. The van der Waals surface area contributed by atoms with Crippen molar-refractivity contribution in [2.45, 2.75) is 23.9 Å². The highest BCUT2D eigenvalue weighted by Gasteiger charge is 2.51. The first kappa shape index (κ1) is 15.6. The number of hydrogen-bond donors (Lipinski definition) is 0. The van der Waals surface area contributed by atoms with Crippen LogP contribution in [0, 0.1) is 0 Å². The number of pyridine rings is 2. The molecule has 6 heteroatoms. The Balaban J connectivity index is 1.28. The van der Waals surface area contributed by atoms with Crippen LogP contribution in [0.5, 0.6) is 0 Å². The summed E-state index contributed by atoms with van der Waals surface area (Å²) >= 11 is 1.93. The maximum absolute atomic E-state index is 12.4. The van der Waals surface area contributed by atoms with Gasteiger partial charge in [-0.1, -0.05) is 12.1 Å². The number of amides is 1. The van der Waals surface area contributed by atoms with Gasteiger partial charge in [0, 0.05) is 31.2 Å². The van der Waals surface area contributed by atoms with Crippen molar-refractivity contribution >= 4 is 17.7 Å². The zero-order valence-corrected chi connectivity index (χ0v) is 14.1. The molecule has 0 radical (unpaired) electrons. The third-order valence-electron chi connectivity index (χ3n) is 4.50. The zero-order valence-electron chi connectivity index (χ0n) is 13.3. The van der Waals surface area contributed by atoms with E-state index in [1.54, 1.807) is 18.5 Å². The minimum atomic E-state index is 0.0275. The maximum atomic E-state index is 12.4. The molecule has 1 amide bonds. The number of thioether (sulfide) groups is 1. The summed E-state index contributed by atoms with van der Waals surface area (Å²) < 4.78 is 6.17. The molecule has 0 saturated carbocycles.